The fourth-order valence-electron chi connectivity index (χ4n) is 0.925. The van der Waals surface area contributed by atoms with Crippen molar-refractivity contribution in [3.05, 3.63) is 0 Å². The molecule has 0 bridgehead atoms. The van der Waals surface area contributed by atoms with Gasteiger partial charge in [0.05, 0.1) is 0 Å². The second kappa shape index (κ2) is 12.5. The molecule has 64 valence electrons. The Kier molecular flexibility index (Phi) is 16.7. The number of hydrogen-bond donors (Lipinski definition) is 0. The molecule has 0 spiro atoms. The molecule has 0 heterocycles. The van der Waals surface area contributed by atoms with Gasteiger partial charge in [-0.1, -0.05) is 39.0 Å². The molecule has 0 aromatic carbocycles. The van der Waals surface area contributed by atoms with Gasteiger partial charge in [-0.3, -0.25) is 0 Å². The van der Waals surface area contributed by atoms with Crippen molar-refractivity contribution in [3.8, 4) is 0 Å². The van der Waals surface area contributed by atoms with Gasteiger partial charge in [0, 0.05) is 0 Å². The minimum absolute atomic E-state index is 0. The number of unbranched alkanes of at least 4 members (excludes halogenated alkanes) is 5. The summed E-state index contributed by atoms with van der Waals surface area (Å²) in [5, 5.41) is 0. The molecule has 0 nitrogen and oxygen atoms in total. The van der Waals surface area contributed by atoms with Crippen LogP contribution in [0.1, 0.15) is 45.4 Å². The SMILES string of the molecule is CCCCCCCCP.S. The Hall–Kier alpha value is 0.780. The third-order valence-electron chi connectivity index (χ3n) is 1.56. The van der Waals surface area contributed by atoms with Gasteiger partial charge >= 0.3 is 0 Å². The van der Waals surface area contributed by atoms with E-state index < -0.39 is 0 Å². The van der Waals surface area contributed by atoms with Crippen molar-refractivity contribution in [1.29, 1.82) is 0 Å². The summed E-state index contributed by atoms with van der Waals surface area (Å²) in [6.45, 7) is 2.26. The Balaban J connectivity index is 0. The molecule has 0 amide bonds. The minimum Gasteiger partial charge on any atom is -0.197 e. The lowest BCUT2D eigenvalue weighted by Gasteiger charge is -1.96. The van der Waals surface area contributed by atoms with E-state index in [1.807, 2.05) is 0 Å². The third-order valence-corrected chi connectivity index (χ3v) is 1.97. The zero-order valence-corrected chi connectivity index (χ0v) is 9.18. The van der Waals surface area contributed by atoms with Crippen LogP contribution in [-0.2, 0) is 0 Å². The molecule has 0 aromatic rings. The topological polar surface area (TPSA) is 0 Å². The normalized spacial score (nSPS) is 9.00. The second-order valence-corrected chi connectivity index (χ2v) is 3.13. The Bertz CT molecular complexity index is 42.5. The van der Waals surface area contributed by atoms with Gasteiger partial charge in [-0.15, -0.1) is 9.24 Å². The van der Waals surface area contributed by atoms with E-state index in [0.717, 1.165) is 0 Å². The van der Waals surface area contributed by atoms with Gasteiger partial charge in [-0.25, -0.2) is 0 Å². The molecule has 0 radical (unpaired) electrons. The molecule has 0 saturated carbocycles. The molecule has 0 rings (SSSR count). The van der Waals surface area contributed by atoms with Crippen LogP contribution >= 0.6 is 22.7 Å². The van der Waals surface area contributed by atoms with E-state index in [4.69, 9.17) is 0 Å². The summed E-state index contributed by atoms with van der Waals surface area (Å²) in [5.74, 6) is 0. The Morgan fingerprint density at radius 3 is 1.90 bits per heavy atom. The largest absolute Gasteiger partial charge is 0.197 e. The average molecular weight is 180 g/mol. The molecule has 0 N–H and O–H groups in total. The van der Waals surface area contributed by atoms with E-state index >= 15 is 0 Å². The number of hydrogen-bond acceptors (Lipinski definition) is 0. The molecule has 0 aliphatic carbocycles. The third kappa shape index (κ3) is 11.6. The van der Waals surface area contributed by atoms with Crippen molar-refractivity contribution < 1.29 is 0 Å². The van der Waals surface area contributed by atoms with Crippen LogP contribution in [0.15, 0.2) is 0 Å². The maximum absolute atomic E-state index is 2.78. The van der Waals surface area contributed by atoms with Gasteiger partial charge in [-0.2, -0.15) is 13.5 Å². The van der Waals surface area contributed by atoms with Gasteiger partial charge in [0.15, 0.2) is 0 Å². The predicted molar refractivity (Wildman–Crippen MR) is 58.3 cm³/mol. The second-order valence-electron chi connectivity index (χ2n) is 2.56. The Morgan fingerprint density at radius 1 is 0.900 bits per heavy atom. The Morgan fingerprint density at radius 2 is 1.40 bits per heavy atom. The van der Waals surface area contributed by atoms with Crippen LogP contribution in [0.5, 0.6) is 0 Å². The molecule has 0 aromatic heterocycles. The first-order valence-electron chi connectivity index (χ1n) is 4.12. The van der Waals surface area contributed by atoms with Crippen LogP contribution in [0.25, 0.3) is 0 Å². The summed E-state index contributed by atoms with van der Waals surface area (Å²) in [6, 6.07) is 0. The van der Waals surface area contributed by atoms with Crippen molar-refractivity contribution in [1.82, 2.24) is 0 Å². The minimum atomic E-state index is 0. The summed E-state index contributed by atoms with van der Waals surface area (Å²) < 4.78 is 0. The van der Waals surface area contributed by atoms with Crippen molar-refractivity contribution in [2.75, 3.05) is 6.16 Å². The summed E-state index contributed by atoms with van der Waals surface area (Å²) in [7, 11) is 2.78. The fraction of sp³-hybridized carbons (Fsp3) is 1.00. The van der Waals surface area contributed by atoms with Gasteiger partial charge in [0.1, 0.15) is 0 Å². The highest BCUT2D eigenvalue weighted by Gasteiger charge is 1.85. The summed E-state index contributed by atoms with van der Waals surface area (Å²) in [4.78, 5) is 0. The van der Waals surface area contributed by atoms with E-state index in [1.54, 1.807) is 0 Å². The van der Waals surface area contributed by atoms with Gasteiger partial charge in [0.2, 0.25) is 0 Å². The van der Waals surface area contributed by atoms with E-state index in [9.17, 15) is 0 Å². The Labute approximate surface area is 74.8 Å². The van der Waals surface area contributed by atoms with Crippen molar-refractivity contribution in [3.63, 3.8) is 0 Å². The maximum atomic E-state index is 2.78. The molecule has 10 heavy (non-hydrogen) atoms. The zero-order valence-electron chi connectivity index (χ0n) is 7.03. The monoisotopic (exact) mass is 180 g/mol. The maximum Gasteiger partial charge on any atom is -0.0381 e. The highest BCUT2D eigenvalue weighted by Crippen LogP contribution is 2.05. The predicted octanol–water partition coefficient (Wildman–Crippen LogP) is 3.33. The van der Waals surface area contributed by atoms with Crippen LogP contribution in [0, 0.1) is 0 Å². The molecule has 0 aliphatic heterocycles. The summed E-state index contributed by atoms with van der Waals surface area (Å²) in [6.07, 6.45) is 9.80. The van der Waals surface area contributed by atoms with Crippen LogP contribution < -0.4 is 0 Å². The standard InChI is InChI=1S/C8H19P.H2S/c1-2-3-4-5-6-7-8-9;/h2-9H2,1H3;1H2. The smallest absolute Gasteiger partial charge is 0.0381 e. The van der Waals surface area contributed by atoms with Crippen LogP contribution in [0.3, 0.4) is 0 Å². The van der Waals surface area contributed by atoms with Crippen LogP contribution in [-0.4, -0.2) is 6.16 Å². The first kappa shape index (κ1) is 13.4. The molecule has 0 fully saturated rings. The van der Waals surface area contributed by atoms with Gasteiger partial charge < -0.3 is 0 Å². The highest BCUT2D eigenvalue weighted by atomic mass is 32.1. The quantitative estimate of drug-likeness (QED) is 0.434. The van der Waals surface area contributed by atoms with E-state index in [1.165, 1.54) is 44.7 Å². The molecule has 1 unspecified atom stereocenters. The lowest BCUT2D eigenvalue weighted by atomic mass is 10.1. The van der Waals surface area contributed by atoms with E-state index in [2.05, 4.69) is 16.2 Å². The van der Waals surface area contributed by atoms with Crippen molar-refractivity contribution in [2.45, 2.75) is 45.4 Å². The van der Waals surface area contributed by atoms with Gasteiger partial charge in [0.25, 0.3) is 0 Å². The average Bonchev–Trinajstić information content (AvgIpc) is 1.89. The molecular weight excluding hydrogens is 159 g/mol. The fourth-order valence-corrected chi connectivity index (χ4v) is 1.21. The van der Waals surface area contributed by atoms with Gasteiger partial charge in [-0.05, 0) is 12.6 Å². The number of rotatable bonds is 6. The van der Waals surface area contributed by atoms with Crippen LogP contribution in [0.4, 0.5) is 0 Å². The molecule has 1 atom stereocenters. The van der Waals surface area contributed by atoms with E-state index in [0.29, 0.717) is 0 Å². The summed E-state index contributed by atoms with van der Waals surface area (Å²) >= 11 is 0. The van der Waals surface area contributed by atoms with Crippen molar-refractivity contribution >= 4 is 22.7 Å². The molecular formula is C8H21PS. The molecule has 0 saturated heterocycles. The lowest BCUT2D eigenvalue weighted by Crippen LogP contribution is -1.78. The zero-order chi connectivity index (χ0) is 6.95. The van der Waals surface area contributed by atoms with Crippen LogP contribution in [0.2, 0.25) is 0 Å². The lowest BCUT2D eigenvalue weighted by molar-refractivity contribution is 0.627. The first-order chi connectivity index (χ1) is 4.41. The van der Waals surface area contributed by atoms with Crippen molar-refractivity contribution in [2.24, 2.45) is 0 Å². The molecule has 2 heteroatoms. The van der Waals surface area contributed by atoms with E-state index in [-0.39, 0.29) is 13.5 Å². The molecule has 0 aliphatic rings. The first-order valence-corrected chi connectivity index (χ1v) is 4.93. The summed E-state index contributed by atoms with van der Waals surface area (Å²) in [5.41, 5.74) is 0. The highest BCUT2D eigenvalue weighted by molar-refractivity contribution is 7.59.